The van der Waals surface area contributed by atoms with E-state index in [1.807, 2.05) is 54.6 Å². The quantitative estimate of drug-likeness (QED) is 0.423. The minimum absolute atomic E-state index is 0.229. The maximum absolute atomic E-state index is 13.8. The van der Waals surface area contributed by atoms with Crippen LogP contribution < -0.4 is 19.9 Å². The Labute approximate surface area is 207 Å². The maximum Gasteiger partial charge on any atom is 0.300 e. The zero-order valence-corrected chi connectivity index (χ0v) is 20.4. The molecule has 0 N–H and O–H groups in total. The summed E-state index contributed by atoms with van der Waals surface area (Å²) in [5.41, 5.74) is 4.09. The zero-order chi connectivity index (χ0) is 25.1. The molecule has 2 aliphatic heterocycles. The number of rotatable bonds is 4. The van der Waals surface area contributed by atoms with Crippen molar-refractivity contribution in [3.8, 4) is 34.1 Å². The van der Waals surface area contributed by atoms with Gasteiger partial charge in [-0.2, -0.15) is 10.1 Å². The van der Waals surface area contributed by atoms with Gasteiger partial charge >= 0.3 is 0 Å². The van der Waals surface area contributed by atoms with E-state index in [0.29, 0.717) is 51.2 Å². The Morgan fingerprint density at radius 1 is 0.917 bits per heavy atom. The molecule has 3 aromatic carbocycles. The summed E-state index contributed by atoms with van der Waals surface area (Å²) < 4.78 is 12.7. The predicted octanol–water partition coefficient (Wildman–Crippen LogP) is 4.63. The monoisotopic (exact) mass is 480 g/mol. The van der Waals surface area contributed by atoms with Crippen LogP contribution in [0.4, 0.5) is 5.69 Å². The van der Waals surface area contributed by atoms with Crippen molar-refractivity contribution in [1.82, 2.24) is 14.8 Å². The van der Waals surface area contributed by atoms with Gasteiger partial charge in [-0.25, -0.2) is 4.68 Å². The molecule has 180 valence electrons. The van der Waals surface area contributed by atoms with E-state index >= 15 is 0 Å². The van der Waals surface area contributed by atoms with Crippen molar-refractivity contribution in [3.63, 3.8) is 0 Å². The summed E-state index contributed by atoms with van der Waals surface area (Å²) in [5, 5.41) is 4.81. The Morgan fingerprint density at radius 2 is 1.67 bits per heavy atom. The van der Waals surface area contributed by atoms with Crippen molar-refractivity contribution in [2.75, 3.05) is 19.1 Å². The summed E-state index contributed by atoms with van der Waals surface area (Å²) in [7, 11) is 3.05. The first-order valence-corrected chi connectivity index (χ1v) is 11.7. The van der Waals surface area contributed by atoms with Crippen LogP contribution in [0.25, 0.3) is 22.6 Å². The number of hydrogen-bond acceptors (Lipinski definition) is 6. The summed E-state index contributed by atoms with van der Waals surface area (Å²) in [6.45, 7) is 4.23. The average molecular weight is 481 g/mol. The van der Waals surface area contributed by atoms with Crippen molar-refractivity contribution in [3.05, 3.63) is 87.7 Å². The molecule has 8 nitrogen and oxygen atoms in total. The van der Waals surface area contributed by atoms with Gasteiger partial charge in [0.25, 0.3) is 11.5 Å². The molecule has 6 rings (SSSR count). The Balaban J connectivity index is 1.62. The molecule has 3 heterocycles. The van der Waals surface area contributed by atoms with E-state index in [1.54, 1.807) is 15.6 Å². The molecule has 0 fully saturated rings. The largest absolute Gasteiger partial charge is 0.493 e. The number of para-hydroxylation sites is 1. The van der Waals surface area contributed by atoms with E-state index in [1.165, 1.54) is 19.8 Å². The second-order valence-electron chi connectivity index (χ2n) is 9.14. The van der Waals surface area contributed by atoms with Crippen LogP contribution in [0.1, 0.15) is 47.4 Å². The lowest BCUT2D eigenvalue weighted by molar-refractivity contribution is 0.0983. The number of carbonyl (C=O) groups is 1. The normalized spacial score (nSPS) is 15.3. The van der Waals surface area contributed by atoms with E-state index in [0.717, 1.165) is 0 Å². The van der Waals surface area contributed by atoms with Crippen LogP contribution in [0.5, 0.6) is 11.5 Å². The van der Waals surface area contributed by atoms with E-state index in [2.05, 4.69) is 18.8 Å². The van der Waals surface area contributed by atoms with Gasteiger partial charge in [0.2, 0.25) is 0 Å². The van der Waals surface area contributed by atoms with E-state index < -0.39 is 11.7 Å². The number of amides is 1. The Kier molecular flexibility index (Phi) is 4.93. The summed E-state index contributed by atoms with van der Waals surface area (Å²) in [6, 6.07) is 18.8. The van der Waals surface area contributed by atoms with Crippen LogP contribution in [0.2, 0.25) is 0 Å². The van der Waals surface area contributed by atoms with Crippen LogP contribution in [0, 0.1) is 0 Å². The van der Waals surface area contributed by atoms with Gasteiger partial charge in [0.15, 0.2) is 29.2 Å². The molecule has 1 unspecified atom stereocenters. The molecular formula is C28H24N4O4. The highest BCUT2D eigenvalue weighted by molar-refractivity contribution is 6.15. The minimum Gasteiger partial charge on any atom is -0.493 e. The van der Waals surface area contributed by atoms with E-state index in [-0.39, 0.29) is 11.6 Å². The lowest BCUT2D eigenvalue weighted by Gasteiger charge is -2.34. The number of anilines is 1. The Hall–Kier alpha value is -4.46. The van der Waals surface area contributed by atoms with Gasteiger partial charge in [-0.15, -0.1) is 0 Å². The predicted molar refractivity (Wildman–Crippen MR) is 136 cm³/mol. The van der Waals surface area contributed by atoms with Gasteiger partial charge in [0.05, 0.1) is 25.5 Å². The number of carbonyl (C=O) groups excluding carboxylic acids is 1. The lowest BCUT2D eigenvalue weighted by Crippen LogP contribution is -2.39. The fraction of sp³-hybridized carbons (Fsp3) is 0.214. The summed E-state index contributed by atoms with van der Waals surface area (Å²) in [4.78, 5) is 33.2. The molecule has 0 radical (unpaired) electrons. The molecule has 0 spiro atoms. The number of methoxy groups -OCH3 is 2. The van der Waals surface area contributed by atoms with Crippen molar-refractivity contribution < 1.29 is 14.3 Å². The lowest BCUT2D eigenvalue weighted by atomic mass is 10.0. The number of ether oxygens (including phenoxy) is 2. The van der Waals surface area contributed by atoms with Crippen molar-refractivity contribution in [2.24, 2.45) is 0 Å². The van der Waals surface area contributed by atoms with E-state index in [4.69, 9.17) is 14.6 Å². The first kappa shape index (κ1) is 22.0. The smallest absolute Gasteiger partial charge is 0.300 e. The molecule has 1 amide bonds. The van der Waals surface area contributed by atoms with Crippen LogP contribution in [-0.4, -0.2) is 34.9 Å². The third kappa shape index (κ3) is 3.00. The molecule has 0 bridgehead atoms. The molecular weight excluding hydrogens is 456 g/mol. The first-order chi connectivity index (χ1) is 17.4. The first-order valence-electron chi connectivity index (χ1n) is 11.7. The van der Waals surface area contributed by atoms with Gasteiger partial charge in [-0.05, 0) is 29.7 Å². The molecule has 8 heteroatoms. The number of nitrogens with zero attached hydrogens (tertiary/aromatic N) is 4. The van der Waals surface area contributed by atoms with Crippen LogP contribution in [0.15, 0.2) is 65.5 Å². The maximum atomic E-state index is 13.8. The van der Waals surface area contributed by atoms with Crippen molar-refractivity contribution in [2.45, 2.75) is 25.9 Å². The molecule has 36 heavy (non-hydrogen) atoms. The third-order valence-corrected chi connectivity index (χ3v) is 6.85. The van der Waals surface area contributed by atoms with Gasteiger partial charge in [-0.1, -0.05) is 56.3 Å². The van der Waals surface area contributed by atoms with Crippen molar-refractivity contribution in [1.29, 1.82) is 0 Å². The number of hydrogen-bond donors (Lipinski definition) is 0. The second-order valence-corrected chi connectivity index (χ2v) is 9.14. The van der Waals surface area contributed by atoms with Gasteiger partial charge in [-0.3, -0.25) is 14.5 Å². The number of fused-ring (bicyclic) bond motifs is 8. The Morgan fingerprint density at radius 3 is 2.36 bits per heavy atom. The third-order valence-electron chi connectivity index (χ3n) is 6.85. The SMILES string of the molecule is COc1ccc2c(c1OC)C(=O)N1c3ccccc3-c3nc(=O)c(-c4ccc(C(C)C)cc4)nn3C21. The fourth-order valence-corrected chi connectivity index (χ4v) is 5.06. The summed E-state index contributed by atoms with van der Waals surface area (Å²) >= 11 is 0. The van der Waals surface area contributed by atoms with Crippen molar-refractivity contribution >= 4 is 11.6 Å². The highest BCUT2D eigenvalue weighted by Gasteiger charge is 2.47. The topological polar surface area (TPSA) is 86.6 Å². The molecule has 0 saturated carbocycles. The van der Waals surface area contributed by atoms with Gasteiger partial charge in [0.1, 0.15) is 0 Å². The number of benzene rings is 3. The molecule has 1 aromatic heterocycles. The van der Waals surface area contributed by atoms with Gasteiger partial charge in [0, 0.05) is 16.7 Å². The fourth-order valence-electron chi connectivity index (χ4n) is 5.06. The second kappa shape index (κ2) is 8.05. The molecule has 0 saturated heterocycles. The summed E-state index contributed by atoms with van der Waals surface area (Å²) in [5.74, 6) is 1.39. The molecule has 4 aromatic rings. The molecule has 2 aliphatic rings. The van der Waals surface area contributed by atoms with Crippen LogP contribution >= 0.6 is 0 Å². The molecule has 0 aliphatic carbocycles. The minimum atomic E-state index is -0.626. The molecule has 1 atom stereocenters. The van der Waals surface area contributed by atoms with Gasteiger partial charge < -0.3 is 9.47 Å². The van der Waals surface area contributed by atoms with Crippen LogP contribution in [0.3, 0.4) is 0 Å². The Bertz CT molecular complexity index is 1590. The standard InChI is InChI=1S/C28H24N4O4/c1-15(2)16-9-11-17(12-10-16)23-26(33)29-25-18-7-5-6-8-20(18)31-27(32(25)30-23)19-13-14-21(35-3)24(36-4)22(19)28(31)34/h5-15,27H,1-4H3. The summed E-state index contributed by atoms with van der Waals surface area (Å²) in [6.07, 6.45) is -0.626. The highest BCUT2D eigenvalue weighted by Crippen LogP contribution is 2.50. The van der Waals surface area contributed by atoms with Crippen LogP contribution in [-0.2, 0) is 0 Å². The van der Waals surface area contributed by atoms with E-state index in [9.17, 15) is 9.59 Å². The average Bonchev–Trinajstić information content (AvgIpc) is 3.20. The zero-order valence-electron chi connectivity index (χ0n) is 20.4. The highest BCUT2D eigenvalue weighted by atomic mass is 16.5. The number of aromatic nitrogens is 3.